The van der Waals surface area contributed by atoms with Crippen LogP contribution in [0.5, 0.6) is 0 Å². The number of hydrogen-bond donors (Lipinski definition) is 0. The molecule has 0 atom stereocenters. The number of halogens is 2. The fraction of sp³-hybridized carbons (Fsp3) is 0.300. The van der Waals surface area contributed by atoms with Crippen molar-refractivity contribution in [3.8, 4) is 0 Å². The summed E-state index contributed by atoms with van der Waals surface area (Å²) in [4.78, 5) is 9.93. The zero-order valence-electron chi connectivity index (χ0n) is 8.46. The molecular formula is C10H11Cl2NOS. The van der Waals surface area contributed by atoms with Gasteiger partial charge in [0, 0.05) is 27.7 Å². The van der Waals surface area contributed by atoms with E-state index in [2.05, 4.69) is 25.1 Å². The molecule has 0 aliphatic heterocycles. The fourth-order valence-corrected chi connectivity index (χ4v) is 2.15. The van der Waals surface area contributed by atoms with Gasteiger partial charge in [-0.3, -0.25) is 4.79 Å². The molecular weight excluding hydrogens is 253 g/mol. The summed E-state index contributed by atoms with van der Waals surface area (Å²) in [6, 6.07) is 6.56. The summed E-state index contributed by atoms with van der Waals surface area (Å²) in [6.45, 7) is 4.32. The Morgan fingerprint density at radius 3 is 2.33 bits per heavy atom. The normalized spacial score (nSPS) is 9.87. The van der Waals surface area contributed by atoms with E-state index < -0.39 is 5.37 Å². The summed E-state index contributed by atoms with van der Waals surface area (Å²) in [7, 11) is 0. The smallest absolute Gasteiger partial charge is 0.254 e. The largest absolute Gasteiger partial charge is 0.330 e. The lowest BCUT2D eigenvalue weighted by molar-refractivity contribution is 0.247. The molecule has 5 heteroatoms. The summed E-state index contributed by atoms with van der Waals surface area (Å²) in [5.41, 5.74) is 1.42. The van der Waals surface area contributed by atoms with E-state index in [1.165, 1.54) is 15.0 Å². The number of hydrogen-bond acceptors (Lipinski definition) is 2. The number of amides is 1. The van der Waals surface area contributed by atoms with Crippen molar-refractivity contribution in [2.45, 2.75) is 13.8 Å². The SMILES string of the molecule is CCN(Cl)C(=O)Cl.Cc1cc2ccc1s2. The highest BCUT2D eigenvalue weighted by atomic mass is 35.5. The number of fused-ring (bicyclic) bond motifs is 2. The number of thiophene rings is 2. The average Bonchev–Trinajstić information content (AvgIpc) is 2.78. The molecule has 0 aliphatic carbocycles. The van der Waals surface area contributed by atoms with Crippen LogP contribution in [0.3, 0.4) is 0 Å². The van der Waals surface area contributed by atoms with Gasteiger partial charge in [0.05, 0.1) is 0 Å². The van der Waals surface area contributed by atoms with E-state index in [0.717, 1.165) is 4.42 Å². The van der Waals surface area contributed by atoms with Gasteiger partial charge in [-0.25, -0.2) is 4.42 Å². The van der Waals surface area contributed by atoms with Gasteiger partial charge in [-0.2, -0.15) is 0 Å². The average molecular weight is 264 g/mol. The summed E-state index contributed by atoms with van der Waals surface area (Å²) in [5, 5.41) is -0.635. The molecule has 0 saturated carbocycles. The zero-order chi connectivity index (χ0) is 11.4. The van der Waals surface area contributed by atoms with Gasteiger partial charge in [-0.1, -0.05) is 0 Å². The molecule has 2 nitrogen and oxygen atoms in total. The summed E-state index contributed by atoms with van der Waals surface area (Å²) < 4.78 is 3.72. The van der Waals surface area contributed by atoms with Crippen LogP contribution in [-0.4, -0.2) is 16.3 Å². The predicted octanol–water partition coefficient (Wildman–Crippen LogP) is 4.47. The number of carbonyl (C=O) groups excluding carboxylic acids is 1. The highest BCUT2D eigenvalue weighted by molar-refractivity contribution is 7.24. The van der Waals surface area contributed by atoms with Crippen LogP contribution >= 0.6 is 34.7 Å². The lowest BCUT2D eigenvalue weighted by Gasteiger charge is -2.02. The van der Waals surface area contributed by atoms with E-state index in [-0.39, 0.29) is 0 Å². The van der Waals surface area contributed by atoms with E-state index in [9.17, 15) is 4.79 Å². The van der Waals surface area contributed by atoms with Crippen molar-refractivity contribution >= 4 is 49.5 Å². The number of benzene rings is 1. The Morgan fingerprint density at radius 1 is 1.53 bits per heavy atom. The molecule has 2 heterocycles. The third-order valence-electron chi connectivity index (χ3n) is 1.84. The third-order valence-corrected chi connectivity index (χ3v) is 3.69. The van der Waals surface area contributed by atoms with E-state index in [1.807, 2.05) is 11.3 Å². The Labute approximate surface area is 103 Å². The molecule has 0 aliphatic rings. The maximum atomic E-state index is 9.93. The molecule has 0 saturated heterocycles. The van der Waals surface area contributed by atoms with E-state index in [1.54, 1.807) is 6.92 Å². The Morgan fingerprint density at radius 2 is 2.20 bits per heavy atom. The van der Waals surface area contributed by atoms with Gasteiger partial charge in [-0.15, -0.1) is 11.3 Å². The number of aryl methyl sites for hydroxylation is 1. The zero-order valence-corrected chi connectivity index (χ0v) is 10.8. The Balaban J connectivity index is 0.000000153. The second kappa shape index (κ2) is 5.54. The molecule has 2 bridgehead atoms. The lowest BCUT2D eigenvalue weighted by Crippen LogP contribution is -2.12. The molecule has 0 radical (unpaired) electrons. The Kier molecular flexibility index (Phi) is 4.64. The number of rotatable bonds is 1. The topological polar surface area (TPSA) is 20.3 Å². The van der Waals surface area contributed by atoms with Crippen LogP contribution in [0.25, 0.3) is 9.40 Å². The van der Waals surface area contributed by atoms with Crippen molar-refractivity contribution in [3.63, 3.8) is 0 Å². The van der Waals surface area contributed by atoms with Crippen LogP contribution in [0, 0.1) is 6.92 Å². The molecule has 2 aromatic rings. The molecule has 82 valence electrons. The van der Waals surface area contributed by atoms with E-state index >= 15 is 0 Å². The summed E-state index contributed by atoms with van der Waals surface area (Å²) in [5.74, 6) is 0. The molecule has 2 aromatic heterocycles. The van der Waals surface area contributed by atoms with Gasteiger partial charge in [0.2, 0.25) is 0 Å². The number of carbonyl (C=O) groups is 1. The van der Waals surface area contributed by atoms with Crippen LogP contribution < -0.4 is 0 Å². The molecule has 15 heavy (non-hydrogen) atoms. The fourth-order valence-electron chi connectivity index (χ4n) is 1.05. The minimum absolute atomic E-state index is 0.434. The Hall–Kier alpha value is -0.510. The minimum atomic E-state index is -0.635. The van der Waals surface area contributed by atoms with Gasteiger partial charge in [0.15, 0.2) is 0 Å². The minimum Gasteiger partial charge on any atom is -0.254 e. The highest BCUT2D eigenvalue weighted by Gasteiger charge is 2.00. The predicted molar refractivity (Wildman–Crippen MR) is 67.2 cm³/mol. The van der Waals surface area contributed by atoms with Gasteiger partial charge in [0.25, 0.3) is 0 Å². The molecule has 0 N–H and O–H groups in total. The third kappa shape index (κ3) is 3.52. The molecule has 2 rings (SSSR count). The molecule has 0 fully saturated rings. The summed E-state index contributed by atoms with van der Waals surface area (Å²) >= 11 is 11.9. The van der Waals surface area contributed by atoms with Crippen LogP contribution in [0.1, 0.15) is 12.5 Å². The number of nitrogens with zero attached hydrogens (tertiary/aromatic N) is 1. The first kappa shape index (κ1) is 12.6. The molecule has 0 spiro atoms. The second-order valence-electron chi connectivity index (χ2n) is 2.96. The summed E-state index contributed by atoms with van der Waals surface area (Å²) in [6.07, 6.45) is 0. The molecule has 0 aromatic carbocycles. The van der Waals surface area contributed by atoms with E-state index in [4.69, 9.17) is 23.4 Å². The van der Waals surface area contributed by atoms with Crippen molar-refractivity contribution < 1.29 is 4.79 Å². The van der Waals surface area contributed by atoms with Crippen LogP contribution in [0.2, 0.25) is 0 Å². The molecule has 1 amide bonds. The lowest BCUT2D eigenvalue weighted by atomic mass is 10.2. The first-order valence-electron chi connectivity index (χ1n) is 4.46. The van der Waals surface area contributed by atoms with Crippen LogP contribution in [-0.2, 0) is 0 Å². The van der Waals surface area contributed by atoms with Crippen molar-refractivity contribution in [2.24, 2.45) is 0 Å². The highest BCUT2D eigenvalue weighted by Crippen LogP contribution is 2.27. The standard InChI is InChI=1S/C7H6S.C3H5Cl2NO/c1-5-4-6-2-3-7(5)8-6;1-2-6(5)3(4)7/h2-4H,1H3;2H2,1H3. The first-order valence-corrected chi connectivity index (χ1v) is 5.99. The monoisotopic (exact) mass is 263 g/mol. The van der Waals surface area contributed by atoms with Gasteiger partial charge in [0.1, 0.15) is 0 Å². The van der Waals surface area contributed by atoms with Gasteiger partial charge >= 0.3 is 5.37 Å². The first-order chi connectivity index (χ1) is 7.04. The quantitative estimate of drug-likeness (QED) is 0.423. The van der Waals surface area contributed by atoms with Crippen molar-refractivity contribution in [2.75, 3.05) is 6.54 Å². The van der Waals surface area contributed by atoms with E-state index in [0.29, 0.717) is 6.54 Å². The van der Waals surface area contributed by atoms with Crippen LogP contribution in [0.4, 0.5) is 4.79 Å². The van der Waals surface area contributed by atoms with Crippen LogP contribution in [0.15, 0.2) is 18.2 Å². The second-order valence-corrected chi connectivity index (χ2v) is 4.81. The van der Waals surface area contributed by atoms with Gasteiger partial charge in [-0.05, 0) is 49.2 Å². The van der Waals surface area contributed by atoms with Crippen molar-refractivity contribution in [3.05, 3.63) is 23.8 Å². The maximum absolute atomic E-state index is 9.93. The maximum Gasteiger partial charge on any atom is 0.330 e. The van der Waals surface area contributed by atoms with Gasteiger partial charge < -0.3 is 0 Å². The van der Waals surface area contributed by atoms with Crippen molar-refractivity contribution in [1.82, 2.24) is 4.42 Å². The van der Waals surface area contributed by atoms with Crippen molar-refractivity contribution in [1.29, 1.82) is 0 Å². The Bertz CT molecular complexity index is 429. The molecule has 0 unspecified atom stereocenters.